The molecule has 1 saturated heterocycles. The average Bonchev–Trinajstić information content (AvgIpc) is 2.91. The van der Waals surface area contributed by atoms with E-state index >= 15 is 0 Å². The lowest BCUT2D eigenvalue weighted by molar-refractivity contribution is -0.122. The van der Waals surface area contributed by atoms with Crippen molar-refractivity contribution >= 4 is 5.91 Å². The number of amides is 1. The third kappa shape index (κ3) is 3.91. The van der Waals surface area contributed by atoms with E-state index in [0.717, 1.165) is 38.8 Å². The Morgan fingerprint density at radius 1 is 1.21 bits per heavy atom. The minimum Gasteiger partial charge on any atom is -0.368 e. The first-order chi connectivity index (χ1) is 8.99. The van der Waals surface area contributed by atoms with Gasteiger partial charge in [-0.2, -0.15) is 0 Å². The molecule has 4 N–H and O–H groups in total. The van der Waals surface area contributed by atoms with Crippen molar-refractivity contribution in [1.82, 2.24) is 9.80 Å². The molecule has 5 nitrogen and oxygen atoms in total. The SMILES string of the molecule is CC(N)(CCN1CCN(C2CCCC2)CC1)C(N)=O. The summed E-state index contributed by atoms with van der Waals surface area (Å²) in [6, 6.07) is 0.826. The van der Waals surface area contributed by atoms with Crippen molar-refractivity contribution in [2.75, 3.05) is 32.7 Å². The van der Waals surface area contributed by atoms with Crippen molar-refractivity contribution < 1.29 is 4.79 Å². The molecule has 2 aliphatic rings. The van der Waals surface area contributed by atoms with Gasteiger partial charge in [0.15, 0.2) is 0 Å². The van der Waals surface area contributed by atoms with Gasteiger partial charge in [0.1, 0.15) is 0 Å². The molecule has 0 spiro atoms. The first-order valence-electron chi connectivity index (χ1n) is 7.54. The summed E-state index contributed by atoms with van der Waals surface area (Å²) in [7, 11) is 0. The number of carbonyl (C=O) groups is 1. The second-order valence-corrected chi connectivity index (χ2v) is 6.35. The Morgan fingerprint density at radius 2 is 1.79 bits per heavy atom. The standard InChI is InChI=1S/C14H28N4O/c1-14(16,13(15)19)6-7-17-8-10-18(11-9-17)12-4-2-3-5-12/h12H,2-11,16H2,1H3,(H2,15,19). The van der Waals surface area contributed by atoms with Crippen LogP contribution in [-0.2, 0) is 4.79 Å². The normalized spacial score (nSPS) is 26.4. The monoisotopic (exact) mass is 268 g/mol. The van der Waals surface area contributed by atoms with E-state index in [1.54, 1.807) is 6.92 Å². The molecule has 0 aromatic rings. The Hall–Kier alpha value is -0.650. The van der Waals surface area contributed by atoms with Crippen molar-refractivity contribution in [2.45, 2.75) is 50.6 Å². The molecule has 0 aromatic carbocycles. The Labute approximate surface area is 116 Å². The van der Waals surface area contributed by atoms with Gasteiger partial charge in [-0.25, -0.2) is 0 Å². The van der Waals surface area contributed by atoms with Crippen LogP contribution in [-0.4, -0.2) is 60.0 Å². The van der Waals surface area contributed by atoms with Gasteiger partial charge in [0, 0.05) is 38.8 Å². The van der Waals surface area contributed by atoms with E-state index in [9.17, 15) is 4.79 Å². The smallest absolute Gasteiger partial charge is 0.237 e. The van der Waals surface area contributed by atoms with E-state index in [-0.39, 0.29) is 0 Å². The first kappa shape index (κ1) is 14.8. The number of nitrogens with zero attached hydrogens (tertiary/aromatic N) is 2. The largest absolute Gasteiger partial charge is 0.368 e. The highest BCUT2D eigenvalue weighted by molar-refractivity contribution is 5.83. The highest BCUT2D eigenvalue weighted by Gasteiger charge is 2.29. The summed E-state index contributed by atoms with van der Waals surface area (Å²) in [5, 5.41) is 0. The minimum absolute atomic E-state index is 0.405. The van der Waals surface area contributed by atoms with Crippen LogP contribution >= 0.6 is 0 Å². The minimum atomic E-state index is -0.872. The van der Waals surface area contributed by atoms with Gasteiger partial charge in [-0.15, -0.1) is 0 Å². The van der Waals surface area contributed by atoms with Gasteiger partial charge in [0.2, 0.25) is 5.91 Å². The molecule has 1 unspecified atom stereocenters. The van der Waals surface area contributed by atoms with Crippen molar-refractivity contribution in [3.8, 4) is 0 Å². The number of primary amides is 1. The fourth-order valence-electron chi connectivity index (χ4n) is 3.14. The van der Waals surface area contributed by atoms with Crippen LogP contribution in [0.3, 0.4) is 0 Å². The van der Waals surface area contributed by atoms with Crippen molar-refractivity contribution in [3.05, 3.63) is 0 Å². The number of rotatable bonds is 5. The molecule has 0 radical (unpaired) electrons. The van der Waals surface area contributed by atoms with Gasteiger partial charge >= 0.3 is 0 Å². The molecule has 2 fully saturated rings. The first-order valence-corrected chi connectivity index (χ1v) is 7.54. The number of hydrogen-bond donors (Lipinski definition) is 2. The second kappa shape index (κ2) is 6.20. The topological polar surface area (TPSA) is 75.6 Å². The number of carbonyl (C=O) groups excluding carboxylic acids is 1. The van der Waals surface area contributed by atoms with Crippen LogP contribution in [0, 0.1) is 0 Å². The maximum atomic E-state index is 11.2. The third-order valence-electron chi connectivity index (χ3n) is 4.76. The molecule has 0 bridgehead atoms. The Balaban J connectivity index is 1.70. The maximum Gasteiger partial charge on any atom is 0.237 e. The zero-order valence-corrected chi connectivity index (χ0v) is 12.1. The molecule has 0 aromatic heterocycles. The molecule has 2 rings (SSSR count). The molecule has 1 aliphatic heterocycles. The van der Waals surface area contributed by atoms with Crippen LogP contribution in [0.1, 0.15) is 39.0 Å². The lowest BCUT2D eigenvalue weighted by atomic mass is 9.98. The van der Waals surface area contributed by atoms with Crippen LogP contribution in [0.4, 0.5) is 0 Å². The second-order valence-electron chi connectivity index (χ2n) is 6.35. The van der Waals surface area contributed by atoms with Crippen molar-refractivity contribution in [3.63, 3.8) is 0 Å². The molecular formula is C14H28N4O. The summed E-state index contributed by atoms with van der Waals surface area (Å²) in [6.07, 6.45) is 6.20. The number of nitrogens with two attached hydrogens (primary N) is 2. The average molecular weight is 268 g/mol. The maximum absolute atomic E-state index is 11.2. The fourth-order valence-corrected chi connectivity index (χ4v) is 3.14. The van der Waals surface area contributed by atoms with Crippen LogP contribution < -0.4 is 11.5 Å². The van der Waals surface area contributed by atoms with E-state index in [2.05, 4.69) is 9.80 Å². The number of hydrogen-bond acceptors (Lipinski definition) is 4. The molecule has 5 heteroatoms. The van der Waals surface area contributed by atoms with Crippen LogP contribution in [0.25, 0.3) is 0 Å². The number of piperazine rings is 1. The zero-order valence-electron chi connectivity index (χ0n) is 12.1. The molecule has 1 heterocycles. The van der Waals surface area contributed by atoms with Gasteiger partial charge in [0.05, 0.1) is 5.54 Å². The summed E-state index contributed by atoms with van der Waals surface area (Å²) in [6.45, 7) is 7.08. The molecule has 1 aliphatic carbocycles. The summed E-state index contributed by atoms with van der Waals surface area (Å²) in [5.74, 6) is -0.405. The Morgan fingerprint density at radius 3 is 2.32 bits per heavy atom. The van der Waals surface area contributed by atoms with Crippen LogP contribution in [0.5, 0.6) is 0 Å². The molecule has 110 valence electrons. The highest BCUT2D eigenvalue weighted by Crippen LogP contribution is 2.24. The summed E-state index contributed by atoms with van der Waals surface area (Å²) in [5.41, 5.74) is 10.3. The molecule has 19 heavy (non-hydrogen) atoms. The van der Waals surface area contributed by atoms with Crippen molar-refractivity contribution in [1.29, 1.82) is 0 Å². The Bertz CT molecular complexity index is 305. The molecule has 1 atom stereocenters. The third-order valence-corrected chi connectivity index (χ3v) is 4.76. The summed E-state index contributed by atoms with van der Waals surface area (Å²) < 4.78 is 0. The lowest BCUT2D eigenvalue weighted by Crippen LogP contribution is -2.54. The van der Waals surface area contributed by atoms with E-state index in [1.807, 2.05) is 0 Å². The Kier molecular flexibility index (Phi) is 4.81. The fraction of sp³-hybridized carbons (Fsp3) is 0.929. The van der Waals surface area contributed by atoms with E-state index < -0.39 is 11.4 Å². The molecular weight excluding hydrogens is 240 g/mol. The highest BCUT2D eigenvalue weighted by atomic mass is 16.1. The van der Waals surface area contributed by atoms with Gasteiger partial charge in [-0.1, -0.05) is 12.8 Å². The predicted octanol–water partition coefficient (Wildman–Crippen LogP) is 0.139. The van der Waals surface area contributed by atoms with Crippen LogP contribution in [0.2, 0.25) is 0 Å². The van der Waals surface area contributed by atoms with Crippen molar-refractivity contribution in [2.24, 2.45) is 11.5 Å². The van der Waals surface area contributed by atoms with E-state index in [4.69, 9.17) is 11.5 Å². The van der Waals surface area contributed by atoms with Gasteiger partial charge < -0.3 is 16.4 Å². The summed E-state index contributed by atoms with van der Waals surface area (Å²) >= 11 is 0. The molecule has 1 amide bonds. The van der Waals surface area contributed by atoms with Gasteiger partial charge in [0.25, 0.3) is 0 Å². The van der Waals surface area contributed by atoms with E-state index in [1.165, 1.54) is 25.7 Å². The quantitative estimate of drug-likeness (QED) is 0.743. The predicted molar refractivity (Wildman–Crippen MR) is 76.7 cm³/mol. The summed E-state index contributed by atoms with van der Waals surface area (Å²) in [4.78, 5) is 16.2. The molecule has 1 saturated carbocycles. The lowest BCUT2D eigenvalue weighted by Gasteiger charge is -2.38. The zero-order chi connectivity index (χ0) is 13.9. The van der Waals surface area contributed by atoms with Crippen LogP contribution in [0.15, 0.2) is 0 Å². The van der Waals surface area contributed by atoms with Gasteiger partial charge in [-0.3, -0.25) is 9.69 Å². The van der Waals surface area contributed by atoms with Gasteiger partial charge in [-0.05, 0) is 26.2 Å². The van der Waals surface area contributed by atoms with E-state index in [0.29, 0.717) is 6.42 Å².